The van der Waals surface area contributed by atoms with Gasteiger partial charge in [0.05, 0.1) is 12.0 Å². The summed E-state index contributed by atoms with van der Waals surface area (Å²) in [6.45, 7) is 6.62. The van der Waals surface area contributed by atoms with E-state index in [4.69, 9.17) is 4.74 Å². The Kier molecular flexibility index (Phi) is 4.03. The maximum absolute atomic E-state index is 12.6. The van der Waals surface area contributed by atoms with E-state index in [0.717, 1.165) is 45.4 Å². The molecule has 1 aliphatic carbocycles. The van der Waals surface area contributed by atoms with Gasteiger partial charge in [-0.2, -0.15) is 0 Å². The van der Waals surface area contributed by atoms with Crippen molar-refractivity contribution >= 4 is 5.91 Å². The average Bonchev–Trinajstić information content (AvgIpc) is 3.26. The molecule has 2 aliphatic rings. The number of amides is 1. The number of hydrogen-bond acceptors (Lipinski definition) is 2. The Morgan fingerprint density at radius 1 is 1.29 bits per heavy atom. The van der Waals surface area contributed by atoms with Crippen LogP contribution in [0, 0.1) is 19.8 Å². The molecule has 0 radical (unpaired) electrons. The highest BCUT2D eigenvalue weighted by molar-refractivity contribution is 5.91. The Balaban J connectivity index is 1.65. The largest absolute Gasteiger partial charge is 0.381 e. The molecule has 3 rings (SSSR count). The molecule has 2 fully saturated rings. The van der Waals surface area contributed by atoms with Crippen molar-refractivity contribution < 1.29 is 9.53 Å². The van der Waals surface area contributed by atoms with Crippen molar-refractivity contribution in [3.8, 4) is 0 Å². The van der Waals surface area contributed by atoms with Gasteiger partial charge in [-0.3, -0.25) is 4.79 Å². The Bertz CT molecular complexity index is 508. The molecule has 1 saturated heterocycles. The standard InChI is InChI=1S/C18H25NO2/c1-13-8-14(2)10-16(9-13)18(5-6-18)17(20)19-11-15-4-3-7-21-12-15/h8-10,15H,3-7,11-12H2,1-2H3,(H,19,20). The van der Waals surface area contributed by atoms with E-state index in [2.05, 4.69) is 37.4 Å². The highest BCUT2D eigenvalue weighted by atomic mass is 16.5. The first-order valence-corrected chi connectivity index (χ1v) is 8.05. The zero-order chi connectivity index (χ0) is 14.9. The van der Waals surface area contributed by atoms with Crippen LogP contribution in [-0.4, -0.2) is 25.7 Å². The first-order valence-electron chi connectivity index (χ1n) is 8.05. The molecule has 1 aromatic carbocycles. The number of hydrogen-bond donors (Lipinski definition) is 1. The number of carbonyl (C=O) groups is 1. The third kappa shape index (κ3) is 3.13. The molecule has 1 saturated carbocycles. The molecule has 1 unspecified atom stereocenters. The summed E-state index contributed by atoms with van der Waals surface area (Å²) in [5.41, 5.74) is 3.42. The molecular formula is C18H25NO2. The lowest BCUT2D eigenvalue weighted by Crippen LogP contribution is -2.39. The maximum Gasteiger partial charge on any atom is 0.230 e. The number of carbonyl (C=O) groups excluding carboxylic acids is 1. The molecule has 1 N–H and O–H groups in total. The van der Waals surface area contributed by atoms with E-state index < -0.39 is 0 Å². The van der Waals surface area contributed by atoms with Gasteiger partial charge in [0.2, 0.25) is 5.91 Å². The van der Waals surface area contributed by atoms with Crippen molar-refractivity contribution in [2.45, 2.75) is 44.9 Å². The second kappa shape index (κ2) is 5.80. The van der Waals surface area contributed by atoms with E-state index in [1.807, 2.05) is 0 Å². The van der Waals surface area contributed by atoms with Crippen molar-refractivity contribution in [1.82, 2.24) is 5.32 Å². The first-order chi connectivity index (χ1) is 10.1. The Morgan fingerprint density at radius 2 is 2.00 bits per heavy atom. The van der Waals surface area contributed by atoms with Crippen LogP contribution >= 0.6 is 0 Å². The normalized spacial score (nSPS) is 23.6. The fourth-order valence-electron chi connectivity index (χ4n) is 3.40. The quantitative estimate of drug-likeness (QED) is 0.924. The molecule has 21 heavy (non-hydrogen) atoms. The number of benzene rings is 1. The molecule has 0 aromatic heterocycles. The van der Waals surface area contributed by atoms with Crippen LogP contribution in [0.1, 0.15) is 42.4 Å². The van der Waals surface area contributed by atoms with Crippen LogP contribution in [0.3, 0.4) is 0 Å². The maximum atomic E-state index is 12.6. The van der Waals surface area contributed by atoms with Gasteiger partial charge < -0.3 is 10.1 Å². The minimum atomic E-state index is -0.258. The van der Waals surface area contributed by atoms with Crippen molar-refractivity contribution in [3.05, 3.63) is 34.9 Å². The van der Waals surface area contributed by atoms with Gasteiger partial charge in [0.25, 0.3) is 0 Å². The summed E-state index contributed by atoms with van der Waals surface area (Å²) in [5, 5.41) is 3.17. The molecule has 1 atom stereocenters. The van der Waals surface area contributed by atoms with Gasteiger partial charge in [0.1, 0.15) is 0 Å². The van der Waals surface area contributed by atoms with Gasteiger partial charge in [-0.25, -0.2) is 0 Å². The lowest BCUT2D eigenvalue weighted by molar-refractivity contribution is -0.124. The highest BCUT2D eigenvalue weighted by Crippen LogP contribution is 2.48. The van der Waals surface area contributed by atoms with Gasteiger partial charge >= 0.3 is 0 Å². The molecule has 3 heteroatoms. The molecule has 0 bridgehead atoms. The number of aryl methyl sites for hydroxylation is 2. The Hall–Kier alpha value is -1.35. The Morgan fingerprint density at radius 3 is 2.57 bits per heavy atom. The van der Waals surface area contributed by atoms with Crippen LogP contribution in [0.2, 0.25) is 0 Å². The predicted molar refractivity (Wildman–Crippen MR) is 83.4 cm³/mol. The topological polar surface area (TPSA) is 38.3 Å². The van der Waals surface area contributed by atoms with Crippen molar-refractivity contribution in [2.24, 2.45) is 5.92 Å². The summed E-state index contributed by atoms with van der Waals surface area (Å²) in [7, 11) is 0. The molecule has 114 valence electrons. The average molecular weight is 287 g/mol. The smallest absolute Gasteiger partial charge is 0.230 e. The van der Waals surface area contributed by atoms with E-state index in [1.54, 1.807) is 0 Å². The van der Waals surface area contributed by atoms with Crippen LogP contribution in [0.4, 0.5) is 0 Å². The van der Waals surface area contributed by atoms with Crippen molar-refractivity contribution in [3.63, 3.8) is 0 Å². The summed E-state index contributed by atoms with van der Waals surface area (Å²) in [5.74, 6) is 0.691. The number of nitrogens with one attached hydrogen (secondary N) is 1. The zero-order valence-electron chi connectivity index (χ0n) is 13.1. The second-order valence-electron chi connectivity index (χ2n) is 6.75. The lowest BCUT2D eigenvalue weighted by atomic mass is 9.91. The fraction of sp³-hybridized carbons (Fsp3) is 0.611. The van der Waals surface area contributed by atoms with E-state index in [1.165, 1.54) is 16.7 Å². The van der Waals surface area contributed by atoms with E-state index in [-0.39, 0.29) is 11.3 Å². The van der Waals surface area contributed by atoms with E-state index >= 15 is 0 Å². The third-order valence-electron chi connectivity index (χ3n) is 4.76. The van der Waals surface area contributed by atoms with Crippen LogP contribution in [-0.2, 0) is 14.9 Å². The fourth-order valence-corrected chi connectivity index (χ4v) is 3.40. The van der Waals surface area contributed by atoms with Crippen LogP contribution in [0.25, 0.3) is 0 Å². The minimum absolute atomic E-state index is 0.207. The molecule has 1 heterocycles. The molecule has 3 nitrogen and oxygen atoms in total. The summed E-state index contributed by atoms with van der Waals surface area (Å²) < 4.78 is 5.48. The number of ether oxygens (including phenoxy) is 1. The molecule has 1 amide bonds. The Labute approximate surface area is 127 Å². The monoisotopic (exact) mass is 287 g/mol. The zero-order valence-corrected chi connectivity index (χ0v) is 13.1. The molecule has 0 spiro atoms. The third-order valence-corrected chi connectivity index (χ3v) is 4.76. The summed E-state index contributed by atoms with van der Waals surface area (Å²) in [6.07, 6.45) is 4.23. The SMILES string of the molecule is Cc1cc(C)cc(C2(C(=O)NCC3CCCOC3)CC2)c1. The summed E-state index contributed by atoms with van der Waals surface area (Å²) in [6, 6.07) is 6.50. The highest BCUT2D eigenvalue weighted by Gasteiger charge is 2.51. The van der Waals surface area contributed by atoms with Gasteiger partial charge in [-0.15, -0.1) is 0 Å². The molecule has 1 aromatic rings. The van der Waals surface area contributed by atoms with Gasteiger partial charge in [-0.1, -0.05) is 29.3 Å². The summed E-state index contributed by atoms with van der Waals surface area (Å²) in [4.78, 5) is 12.6. The molecule has 1 aliphatic heterocycles. The van der Waals surface area contributed by atoms with Crippen LogP contribution in [0.5, 0.6) is 0 Å². The van der Waals surface area contributed by atoms with Gasteiger partial charge in [-0.05, 0) is 51.0 Å². The van der Waals surface area contributed by atoms with Crippen molar-refractivity contribution in [2.75, 3.05) is 19.8 Å². The number of rotatable bonds is 4. The van der Waals surface area contributed by atoms with Gasteiger partial charge in [0.15, 0.2) is 0 Å². The van der Waals surface area contributed by atoms with E-state index in [0.29, 0.717) is 5.92 Å². The second-order valence-corrected chi connectivity index (χ2v) is 6.75. The first kappa shape index (κ1) is 14.6. The van der Waals surface area contributed by atoms with E-state index in [9.17, 15) is 4.79 Å². The van der Waals surface area contributed by atoms with Crippen molar-refractivity contribution in [1.29, 1.82) is 0 Å². The lowest BCUT2D eigenvalue weighted by Gasteiger charge is -2.24. The summed E-state index contributed by atoms with van der Waals surface area (Å²) >= 11 is 0. The van der Waals surface area contributed by atoms with Crippen LogP contribution in [0.15, 0.2) is 18.2 Å². The molecular weight excluding hydrogens is 262 g/mol. The van der Waals surface area contributed by atoms with Gasteiger partial charge in [0, 0.05) is 13.2 Å². The predicted octanol–water partition coefficient (Wildman–Crippen LogP) is 2.88. The van der Waals surface area contributed by atoms with Crippen LogP contribution < -0.4 is 5.32 Å². The minimum Gasteiger partial charge on any atom is -0.381 e.